The van der Waals surface area contributed by atoms with Crippen LogP contribution >= 0.6 is 23.2 Å². The molecular formula is C13H14Cl2N2O. The van der Waals surface area contributed by atoms with Gasteiger partial charge in [0.15, 0.2) is 5.65 Å². The first kappa shape index (κ1) is 12.3. The van der Waals surface area contributed by atoms with E-state index in [1.807, 2.05) is 38.3 Å². The summed E-state index contributed by atoms with van der Waals surface area (Å²) in [7, 11) is 0. The van der Waals surface area contributed by atoms with Gasteiger partial charge in [0.05, 0.1) is 21.4 Å². The molecule has 5 heteroatoms. The van der Waals surface area contributed by atoms with Gasteiger partial charge in [-0.15, -0.1) is 0 Å². The third-order valence-corrected chi connectivity index (χ3v) is 3.78. The zero-order chi connectivity index (χ0) is 13.3. The van der Waals surface area contributed by atoms with Crippen molar-refractivity contribution in [3.8, 4) is 0 Å². The fraction of sp³-hybridized carbons (Fsp3) is 0.462. The second-order valence-corrected chi connectivity index (χ2v) is 6.48. The first-order valence-electron chi connectivity index (χ1n) is 5.80. The standard InChI is InChI=1S/C13H14Cl2N2O/c1-12(2)9-10(13(3,4)18-12)17-6-7(14)5-8(15)11(17)16-9/h5-6H,1-4H3. The second-order valence-electron chi connectivity index (χ2n) is 5.63. The van der Waals surface area contributed by atoms with Gasteiger partial charge in [-0.1, -0.05) is 23.2 Å². The predicted molar refractivity (Wildman–Crippen MR) is 72.3 cm³/mol. The summed E-state index contributed by atoms with van der Waals surface area (Å²) in [6.45, 7) is 8.10. The van der Waals surface area contributed by atoms with Crippen molar-refractivity contribution in [1.82, 2.24) is 9.38 Å². The number of rotatable bonds is 0. The summed E-state index contributed by atoms with van der Waals surface area (Å²) in [6.07, 6.45) is 1.83. The third-order valence-electron chi connectivity index (χ3n) is 3.29. The number of aromatic nitrogens is 2. The normalized spacial score (nSPS) is 20.3. The van der Waals surface area contributed by atoms with Gasteiger partial charge in [-0.05, 0) is 33.8 Å². The maximum absolute atomic E-state index is 6.21. The molecule has 1 aliphatic heterocycles. The smallest absolute Gasteiger partial charge is 0.156 e. The third kappa shape index (κ3) is 1.51. The molecule has 1 aliphatic rings. The molecule has 0 radical (unpaired) electrons. The van der Waals surface area contributed by atoms with E-state index in [0.29, 0.717) is 10.0 Å². The van der Waals surface area contributed by atoms with Gasteiger partial charge in [0.25, 0.3) is 0 Å². The molecule has 0 spiro atoms. The second kappa shape index (κ2) is 3.41. The Morgan fingerprint density at radius 2 is 1.83 bits per heavy atom. The number of halogens is 2. The Bertz CT molecular complexity index is 659. The number of ether oxygens (including phenoxy) is 1. The van der Waals surface area contributed by atoms with E-state index in [1.165, 1.54) is 0 Å². The van der Waals surface area contributed by atoms with Crippen LogP contribution in [0.5, 0.6) is 0 Å². The first-order valence-corrected chi connectivity index (χ1v) is 6.56. The van der Waals surface area contributed by atoms with Gasteiger partial charge in [-0.3, -0.25) is 4.40 Å². The summed E-state index contributed by atoms with van der Waals surface area (Å²) in [5.41, 5.74) is 1.85. The maximum Gasteiger partial charge on any atom is 0.156 e. The van der Waals surface area contributed by atoms with Crippen molar-refractivity contribution in [2.75, 3.05) is 0 Å². The van der Waals surface area contributed by atoms with Gasteiger partial charge in [0.1, 0.15) is 11.2 Å². The van der Waals surface area contributed by atoms with Crippen molar-refractivity contribution in [3.63, 3.8) is 0 Å². The van der Waals surface area contributed by atoms with Crippen LogP contribution in [0.4, 0.5) is 0 Å². The van der Waals surface area contributed by atoms with Gasteiger partial charge in [-0.25, -0.2) is 4.98 Å². The van der Waals surface area contributed by atoms with Crippen LogP contribution in [0.25, 0.3) is 5.65 Å². The summed E-state index contributed by atoms with van der Waals surface area (Å²) >= 11 is 12.3. The van der Waals surface area contributed by atoms with Crippen molar-refractivity contribution >= 4 is 28.8 Å². The Morgan fingerprint density at radius 1 is 1.17 bits per heavy atom. The van der Waals surface area contributed by atoms with Crippen molar-refractivity contribution in [3.05, 3.63) is 33.7 Å². The van der Waals surface area contributed by atoms with Crippen LogP contribution in [0.3, 0.4) is 0 Å². The topological polar surface area (TPSA) is 26.5 Å². The number of hydrogen-bond donors (Lipinski definition) is 0. The van der Waals surface area contributed by atoms with E-state index in [0.717, 1.165) is 17.0 Å². The summed E-state index contributed by atoms with van der Waals surface area (Å²) in [4.78, 5) is 4.63. The zero-order valence-electron chi connectivity index (χ0n) is 10.7. The van der Waals surface area contributed by atoms with Crippen LogP contribution in [0.2, 0.25) is 10.0 Å². The molecule has 3 rings (SSSR count). The zero-order valence-corrected chi connectivity index (χ0v) is 12.2. The van der Waals surface area contributed by atoms with Gasteiger partial charge in [-0.2, -0.15) is 0 Å². The molecule has 0 fully saturated rings. The van der Waals surface area contributed by atoms with Crippen molar-refractivity contribution in [1.29, 1.82) is 0 Å². The highest BCUT2D eigenvalue weighted by atomic mass is 35.5. The molecule has 0 N–H and O–H groups in total. The number of hydrogen-bond acceptors (Lipinski definition) is 2. The minimum Gasteiger partial charge on any atom is -0.357 e. The van der Waals surface area contributed by atoms with Crippen LogP contribution in [0, 0.1) is 0 Å². The minimum atomic E-state index is -0.416. The molecule has 0 unspecified atom stereocenters. The molecule has 3 nitrogen and oxygen atoms in total. The highest BCUT2D eigenvalue weighted by molar-refractivity contribution is 6.36. The highest BCUT2D eigenvalue weighted by Crippen LogP contribution is 2.47. The largest absolute Gasteiger partial charge is 0.357 e. The van der Waals surface area contributed by atoms with Crippen LogP contribution in [0.1, 0.15) is 39.1 Å². The van der Waals surface area contributed by atoms with E-state index in [1.54, 1.807) is 6.07 Å². The van der Waals surface area contributed by atoms with Crippen LogP contribution in [-0.4, -0.2) is 9.38 Å². The Labute approximate surface area is 116 Å². The molecule has 0 saturated carbocycles. The minimum absolute atomic E-state index is 0.410. The summed E-state index contributed by atoms with van der Waals surface area (Å²) in [6, 6.07) is 1.71. The van der Waals surface area contributed by atoms with E-state index in [-0.39, 0.29) is 0 Å². The van der Waals surface area contributed by atoms with Crippen molar-refractivity contribution < 1.29 is 4.74 Å². The maximum atomic E-state index is 6.21. The SMILES string of the molecule is CC1(C)OC(C)(C)c2c1nc1c(Cl)cc(Cl)cn21. The quantitative estimate of drug-likeness (QED) is 0.727. The van der Waals surface area contributed by atoms with Crippen molar-refractivity contribution in [2.24, 2.45) is 0 Å². The fourth-order valence-electron chi connectivity index (χ4n) is 2.80. The number of pyridine rings is 1. The molecular weight excluding hydrogens is 271 g/mol. The average molecular weight is 285 g/mol. The predicted octanol–water partition coefficient (Wildman–Crippen LogP) is 4.14. The van der Waals surface area contributed by atoms with Gasteiger partial charge >= 0.3 is 0 Å². The van der Waals surface area contributed by atoms with E-state index >= 15 is 0 Å². The van der Waals surface area contributed by atoms with Crippen LogP contribution in [-0.2, 0) is 15.9 Å². The van der Waals surface area contributed by atoms with Crippen molar-refractivity contribution in [2.45, 2.75) is 38.9 Å². The molecule has 0 atom stereocenters. The van der Waals surface area contributed by atoms with E-state index < -0.39 is 11.2 Å². The van der Waals surface area contributed by atoms with E-state index in [9.17, 15) is 0 Å². The molecule has 0 amide bonds. The molecule has 2 aromatic heterocycles. The number of imidazole rings is 1. The molecule has 0 saturated heterocycles. The first-order chi connectivity index (χ1) is 8.22. The molecule has 18 heavy (non-hydrogen) atoms. The Morgan fingerprint density at radius 3 is 2.50 bits per heavy atom. The molecule has 2 aromatic rings. The highest BCUT2D eigenvalue weighted by Gasteiger charge is 2.47. The lowest BCUT2D eigenvalue weighted by atomic mass is 10.0. The Hall–Kier alpha value is -0.770. The Kier molecular flexibility index (Phi) is 2.32. The summed E-state index contributed by atoms with van der Waals surface area (Å²) < 4.78 is 8.00. The lowest BCUT2D eigenvalue weighted by molar-refractivity contribution is -0.108. The number of fused-ring (bicyclic) bond motifs is 3. The molecule has 0 bridgehead atoms. The Balaban J connectivity index is 2.46. The molecule has 0 aliphatic carbocycles. The van der Waals surface area contributed by atoms with Crippen LogP contribution < -0.4 is 0 Å². The van der Waals surface area contributed by atoms with Gasteiger partial charge in [0.2, 0.25) is 0 Å². The monoisotopic (exact) mass is 284 g/mol. The lowest BCUT2D eigenvalue weighted by Crippen LogP contribution is -2.24. The average Bonchev–Trinajstić information content (AvgIpc) is 2.63. The van der Waals surface area contributed by atoms with E-state index in [2.05, 4.69) is 4.98 Å². The van der Waals surface area contributed by atoms with E-state index in [4.69, 9.17) is 27.9 Å². The molecule has 96 valence electrons. The molecule has 3 heterocycles. The van der Waals surface area contributed by atoms with Gasteiger partial charge < -0.3 is 4.74 Å². The summed E-state index contributed by atoms with van der Waals surface area (Å²) in [5, 5.41) is 1.15. The summed E-state index contributed by atoms with van der Waals surface area (Å²) in [5.74, 6) is 0. The number of nitrogens with zero attached hydrogens (tertiary/aromatic N) is 2. The fourth-order valence-corrected chi connectivity index (χ4v) is 3.32. The van der Waals surface area contributed by atoms with Crippen LogP contribution in [0.15, 0.2) is 12.3 Å². The lowest BCUT2D eigenvalue weighted by Gasteiger charge is -2.25. The van der Waals surface area contributed by atoms with Gasteiger partial charge in [0, 0.05) is 6.20 Å². The molecule has 0 aromatic carbocycles.